The topological polar surface area (TPSA) is 38.3 Å². The molecule has 1 N–H and O–H groups in total. The highest BCUT2D eigenvalue weighted by molar-refractivity contribution is 5.82. The van der Waals surface area contributed by atoms with Crippen LogP contribution in [0, 0.1) is 0 Å². The molecule has 0 spiro atoms. The lowest BCUT2D eigenvalue weighted by Crippen LogP contribution is -2.06. The molecule has 0 aromatic rings. The summed E-state index contributed by atoms with van der Waals surface area (Å²) >= 11 is 0. The molecule has 0 aromatic heterocycles. The van der Waals surface area contributed by atoms with E-state index in [1.165, 1.54) is 0 Å². The van der Waals surface area contributed by atoms with Crippen molar-refractivity contribution < 1.29 is 9.53 Å². The zero-order chi connectivity index (χ0) is 8.10. The number of carbonyl (C=O) groups is 1. The van der Waals surface area contributed by atoms with E-state index in [2.05, 4.69) is 5.32 Å². The number of nitrogens with one attached hydrogen (secondary N) is 1. The summed E-state index contributed by atoms with van der Waals surface area (Å²) in [7, 11) is 0. The Morgan fingerprint density at radius 2 is 2.64 bits per heavy atom. The Kier molecular flexibility index (Phi) is 3.11. The van der Waals surface area contributed by atoms with Crippen LogP contribution in [0.25, 0.3) is 0 Å². The van der Waals surface area contributed by atoms with Gasteiger partial charge in [0.2, 0.25) is 0 Å². The minimum Gasteiger partial charge on any atom is -0.463 e. The van der Waals surface area contributed by atoms with Crippen LogP contribution in [-0.4, -0.2) is 25.7 Å². The number of ether oxygens (including phenoxy) is 1. The van der Waals surface area contributed by atoms with Crippen LogP contribution < -0.4 is 5.32 Å². The molecule has 0 amide bonds. The monoisotopic (exact) mass is 155 g/mol. The van der Waals surface area contributed by atoms with Crippen molar-refractivity contribution in [3.05, 3.63) is 11.6 Å². The quantitative estimate of drug-likeness (QED) is 0.465. The van der Waals surface area contributed by atoms with E-state index in [1.807, 2.05) is 6.92 Å². The van der Waals surface area contributed by atoms with Crippen LogP contribution in [-0.2, 0) is 9.53 Å². The highest BCUT2D eigenvalue weighted by Crippen LogP contribution is 2.05. The molecule has 1 aliphatic rings. The fourth-order valence-corrected chi connectivity index (χ4v) is 1.06. The van der Waals surface area contributed by atoms with Crippen LogP contribution in [0.2, 0.25) is 0 Å². The van der Waals surface area contributed by atoms with E-state index < -0.39 is 0 Å². The molecule has 0 atom stereocenters. The summed E-state index contributed by atoms with van der Waals surface area (Å²) in [6, 6.07) is 0. The van der Waals surface area contributed by atoms with Gasteiger partial charge in [-0.15, -0.1) is 0 Å². The second-order valence-corrected chi connectivity index (χ2v) is 2.48. The average molecular weight is 155 g/mol. The van der Waals surface area contributed by atoms with Gasteiger partial charge in [-0.2, -0.15) is 0 Å². The SMILES string of the molecule is CCOC(=O)/C=C1\CCNC1. The van der Waals surface area contributed by atoms with Crippen LogP contribution in [0.5, 0.6) is 0 Å². The molecule has 1 heterocycles. The molecular weight excluding hydrogens is 142 g/mol. The molecule has 0 aliphatic carbocycles. The van der Waals surface area contributed by atoms with Crippen molar-refractivity contribution in [3.8, 4) is 0 Å². The molecule has 3 nitrogen and oxygen atoms in total. The van der Waals surface area contributed by atoms with Crippen LogP contribution >= 0.6 is 0 Å². The zero-order valence-electron chi connectivity index (χ0n) is 6.72. The van der Waals surface area contributed by atoms with Gasteiger partial charge in [-0.25, -0.2) is 4.79 Å². The Bertz CT molecular complexity index is 167. The summed E-state index contributed by atoms with van der Waals surface area (Å²) in [4.78, 5) is 10.9. The first-order chi connectivity index (χ1) is 5.33. The Morgan fingerprint density at radius 3 is 3.18 bits per heavy atom. The largest absolute Gasteiger partial charge is 0.463 e. The second kappa shape index (κ2) is 4.13. The molecule has 1 aliphatic heterocycles. The standard InChI is InChI=1S/C8H13NO2/c1-2-11-8(10)5-7-3-4-9-6-7/h5,9H,2-4,6H2,1H3/b7-5+. The van der Waals surface area contributed by atoms with Gasteiger partial charge in [-0.05, 0) is 25.5 Å². The number of carbonyl (C=O) groups excluding carboxylic acids is 1. The predicted molar refractivity (Wildman–Crippen MR) is 42.2 cm³/mol. The van der Waals surface area contributed by atoms with Crippen LogP contribution in [0.3, 0.4) is 0 Å². The molecule has 0 saturated carbocycles. The van der Waals surface area contributed by atoms with Crippen molar-refractivity contribution in [2.45, 2.75) is 13.3 Å². The minimum atomic E-state index is -0.216. The molecule has 1 saturated heterocycles. The highest BCUT2D eigenvalue weighted by atomic mass is 16.5. The molecular formula is C8H13NO2. The fourth-order valence-electron chi connectivity index (χ4n) is 1.06. The van der Waals surface area contributed by atoms with Gasteiger partial charge in [0.05, 0.1) is 6.61 Å². The zero-order valence-corrected chi connectivity index (χ0v) is 6.72. The first-order valence-electron chi connectivity index (χ1n) is 3.90. The summed E-state index contributed by atoms with van der Waals surface area (Å²) in [5.74, 6) is -0.216. The number of rotatable bonds is 2. The van der Waals surface area contributed by atoms with Crippen LogP contribution in [0.15, 0.2) is 11.6 Å². The smallest absolute Gasteiger partial charge is 0.330 e. The third kappa shape index (κ3) is 2.72. The van der Waals surface area contributed by atoms with E-state index >= 15 is 0 Å². The number of hydrogen-bond donors (Lipinski definition) is 1. The van der Waals surface area contributed by atoms with Gasteiger partial charge in [0.25, 0.3) is 0 Å². The van der Waals surface area contributed by atoms with Gasteiger partial charge in [0, 0.05) is 12.6 Å². The van der Waals surface area contributed by atoms with E-state index in [0.717, 1.165) is 25.1 Å². The van der Waals surface area contributed by atoms with Crippen molar-refractivity contribution in [3.63, 3.8) is 0 Å². The maximum absolute atomic E-state index is 10.9. The molecule has 0 unspecified atom stereocenters. The Hall–Kier alpha value is -0.830. The highest BCUT2D eigenvalue weighted by Gasteiger charge is 2.07. The summed E-state index contributed by atoms with van der Waals surface area (Å²) in [5, 5.41) is 3.14. The fraction of sp³-hybridized carbons (Fsp3) is 0.625. The van der Waals surface area contributed by atoms with Crippen molar-refractivity contribution in [2.24, 2.45) is 0 Å². The van der Waals surface area contributed by atoms with E-state index in [4.69, 9.17) is 4.74 Å². The van der Waals surface area contributed by atoms with E-state index in [0.29, 0.717) is 6.61 Å². The molecule has 11 heavy (non-hydrogen) atoms. The van der Waals surface area contributed by atoms with Gasteiger partial charge >= 0.3 is 5.97 Å². The Balaban J connectivity index is 2.36. The minimum absolute atomic E-state index is 0.216. The number of hydrogen-bond acceptors (Lipinski definition) is 3. The van der Waals surface area contributed by atoms with Crippen LogP contribution in [0.4, 0.5) is 0 Å². The maximum Gasteiger partial charge on any atom is 0.330 e. The molecule has 1 fully saturated rings. The Labute approximate surface area is 66.4 Å². The van der Waals surface area contributed by atoms with E-state index in [1.54, 1.807) is 6.08 Å². The molecule has 1 rings (SSSR count). The summed E-state index contributed by atoms with van der Waals surface area (Å²) < 4.78 is 4.76. The molecule has 0 aromatic carbocycles. The molecule has 0 radical (unpaired) electrons. The molecule has 3 heteroatoms. The molecule has 0 bridgehead atoms. The predicted octanol–water partition coefficient (Wildman–Crippen LogP) is 0.469. The number of esters is 1. The van der Waals surface area contributed by atoms with Crippen molar-refractivity contribution >= 4 is 5.97 Å². The summed E-state index contributed by atoms with van der Waals surface area (Å²) in [5.41, 5.74) is 1.14. The third-order valence-electron chi connectivity index (χ3n) is 1.58. The first-order valence-corrected chi connectivity index (χ1v) is 3.90. The summed E-state index contributed by atoms with van der Waals surface area (Å²) in [6.45, 7) is 4.07. The van der Waals surface area contributed by atoms with Gasteiger partial charge < -0.3 is 10.1 Å². The van der Waals surface area contributed by atoms with Crippen molar-refractivity contribution in [1.29, 1.82) is 0 Å². The van der Waals surface area contributed by atoms with E-state index in [-0.39, 0.29) is 5.97 Å². The molecule has 62 valence electrons. The van der Waals surface area contributed by atoms with Gasteiger partial charge in [0.15, 0.2) is 0 Å². The van der Waals surface area contributed by atoms with Crippen molar-refractivity contribution in [2.75, 3.05) is 19.7 Å². The Morgan fingerprint density at radius 1 is 1.82 bits per heavy atom. The van der Waals surface area contributed by atoms with Gasteiger partial charge in [0.1, 0.15) is 0 Å². The third-order valence-corrected chi connectivity index (χ3v) is 1.58. The van der Waals surface area contributed by atoms with Gasteiger partial charge in [-0.3, -0.25) is 0 Å². The lowest BCUT2D eigenvalue weighted by atomic mass is 10.2. The van der Waals surface area contributed by atoms with E-state index in [9.17, 15) is 4.79 Å². The maximum atomic E-state index is 10.9. The van der Waals surface area contributed by atoms with Crippen LogP contribution in [0.1, 0.15) is 13.3 Å². The van der Waals surface area contributed by atoms with Gasteiger partial charge in [-0.1, -0.05) is 0 Å². The first kappa shape index (κ1) is 8.27. The lowest BCUT2D eigenvalue weighted by Gasteiger charge is -1.96. The van der Waals surface area contributed by atoms with Crippen molar-refractivity contribution in [1.82, 2.24) is 5.32 Å². The average Bonchev–Trinajstić information content (AvgIpc) is 2.40. The second-order valence-electron chi connectivity index (χ2n) is 2.48. The summed E-state index contributed by atoms with van der Waals surface area (Å²) in [6.07, 6.45) is 2.56. The normalized spacial score (nSPS) is 20.6. The lowest BCUT2D eigenvalue weighted by molar-refractivity contribution is -0.137.